The van der Waals surface area contributed by atoms with Crippen molar-refractivity contribution in [3.8, 4) is 5.69 Å². The van der Waals surface area contributed by atoms with Crippen LogP contribution in [0.4, 0.5) is 30.2 Å². The Hall–Kier alpha value is -5.62. The van der Waals surface area contributed by atoms with E-state index < -0.39 is 28.1 Å². The van der Waals surface area contributed by atoms with E-state index in [0.717, 1.165) is 50.9 Å². The van der Waals surface area contributed by atoms with E-state index in [-0.39, 0.29) is 5.39 Å². The smallest absolute Gasteiger partial charge is 0.309 e. The van der Waals surface area contributed by atoms with Crippen molar-refractivity contribution in [2.75, 3.05) is 4.90 Å². The van der Waals surface area contributed by atoms with Gasteiger partial charge < -0.3 is 4.90 Å². The topological polar surface area (TPSA) is 25.2 Å². The summed E-state index contributed by atoms with van der Waals surface area (Å²) in [4.78, 5) is 16.8. The number of alkyl halides is 3. The Bertz CT molecular complexity index is 2510. The molecule has 0 saturated heterocycles. The zero-order valence-corrected chi connectivity index (χ0v) is 25.8. The monoisotopic (exact) mass is 622 g/mol. The molecule has 2 aliphatic heterocycles. The van der Waals surface area contributed by atoms with E-state index >= 15 is 0 Å². The molecule has 3 heterocycles. The molecular formula is C41H29F3N2O. The van der Waals surface area contributed by atoms with Crippen LogP contribution in [-0.4, -0.2) is 4.57 Å². The number of pyridine rings is 1. The number of hydrogen-bond acceptors (Lipinski definition) is 2. The molecule has 0 bridgehead atoms. The van der Waals surface area contributed by atoms with Crippen LogP contribution in [0, 0.1) is 13.8 Å². The van der Waals surface area contributed by atoms with Crippen LogP contribution in [0.3, 0.4) is 0 Å². The van der Waals surface area contributed by atoms with Crippen molar-refractivity contribution >= 4 is 40.0 Å². The molecular weight excluding hydrogens is 593 g/mol. The SMILES string of the molecule is C=CC1=c2c(=C)c3cccc(C(F)(F)F)c3c(=O)n2-c2ccccc2C12c1ccccc1N(c1ccccc1C)c1c(C)cccc12. The second-order valence-electron chi connectivity index (χ2n) is 12.2. The average Bonchev–Trinajstić information content (AvgIpc) is 3.07. The molecule has 1 aromatic heterocycles. The van der Waals surface area contributed by atoms with Gasteiger partial charge in [-0.2, -0.15) is 13.2 Å². The Labute approximate surface area is 269 Å². The van der Waals surface area contributed by atoms with Crippen LogP contribution in [0.1, 0.15) is 33.4 Å². The number of hydrogen-bond donors (Lipinski definition) is 0. The largest absolute Gasteiger partial charge is 0.417 e. The van der Waals surface area contributed by atoms with Gasteiger partial charge in [-0.25, -0.2) is 0 Å². The first-order chi connectivity index (χ1) is 22.6. The fraction of sp³-hybridized carbons (Fsp3) is 0.0976. The van der Waals surface area contributed by atoms with Gasteiger partial charge in [0.25, 0.3) is 5.56 Å². The van der Waals surface area contributed by atoms with Gasteiger partial charge >= 0.3 is 6.18 Å². The minimum Gasteiger partial charge on any atom is -0.309 e. The maximum absolute atomic E-state index is 14.5. The highest BCUT2D eigenvalue weighted by Crippen LogP contribution is 2.60. The molecule has 1 atom stereocenters. The highest BCUT2D eigenvalue weighted by atomic mass is 19.4. The molecule has 2 aliphatic rings. The first kappa shape index (κ1) is 28.8. The third-order valence-electron chi connectivity index (χ3n) is 9.80. The molecule has 0 saturated carbocycles. The van der Waals surface area contributed by atoms with Crippen LogP contribution < -0.4 is 21.0 Å². The molecule has 8 rings (SSSR count). The molecule has 3 nitrogen and oxygen atoms in total. The third kappa shape index (κ3) is 3.67. The molecule has 0 amide bonds. The van der Waals surface area contributed by atoms with Crippen molar-refractivity contribution in [1.29, 1.82) is 0 Å². The predicted octanol–water partition coefficient (Wildman–Crippen LogP) is 8.50. The number of nitrogens with zero attached hydrogens (tertiary/aromatic N) is 2. The Morgan fingerprint density at radius 3 is 1.96 bits per heavy atom. The summed E-state index contributed by atoms with van der Waals surface area (Å²) >= 11 is 0. The number of aryl methyl sites for hydroxylation is 2. The van der Waals surface area contributed by atoms with Crippen LogP contribution in [0.2, 0.25) is 0 Å². The van der Waals surface area contributed by atoms with Gasteiger partial charge in [0.05, 0.1) is 38.8 Å². The van der Waals surface area contributed by atoms with E-state index in [0.29, 0.717) is 21.8 Å². The third-order valence-corrected chi connectivity index (χ3v) is 9.80. The van der Waals surface area contributed by atoms with Crippen LogP contribution in [0.15, 0.2) is 127 Å². The fourth-order valence-corrected chi connectivity index (χ4v) is 7.97. The highest BCUT2D eigenvalue weighted by molar-refractivity contribution is 5.98. The van der Waals surface area contributed by atoms with Gasteiger partial charge in [0.1, 0.15) is 0 Å². The number of benzene rings is 5. The number of allylic oxidation sites excluding steroid dienone is 1. The first-order valence-corrected chi connectivity index (χ1v) is 15.4. The van der Waals surface area contributed by atoms with E-state index in [9.17, 15) is 18.0 Å². The highest BCUT2D eigenvalue weighted by Gasteiger charge is 2.51. The molecule has 0 aliphatic carbocycles. The zero-order chi connectivity index (χ0) is 32.8. The van der Waals surface area contributed by atoms with Gasteiger partial charge in [0, 0.05) is 5.69 Å². The van der Waals surface area contributed by atoms with Crippen molar-refractivity contribution in [2.24, 2.45) is 0 Å². The zero-order valence-electron chi connectivity index (χ0n) is 25.8. The van der Waals surface area contributed by atoms with E-state index in [4.69, 9.17) is 0 Å². The van der Waals surface area contributed by atoms with Crippen molar-refractivity contribution < 1.29 is 13.2 Å². The van der Waals surface area contributed by atoms with E-state index in [1.165, 1.54) is 10.6 Å². The van der Waals surface area contributed by atoms with E-state index in [2.05, 4.69) is 68.3 Å². The first-order valence-electron chi connectivity index (χ1n) is 15.4. The molecule has 0 fully saturated rings. The average molecular weight is 623 g/mol. The van der Waals surface area contributed by atoms with Gasteiger partial charge in [-0.3, -0.25) is 9.36 Å². The summed E-state index contributed by atoms with van der Waals surface area (Å²) in [5.74, 6) is 0. The maximum atomic E-state index is 14.5. The molecule has 6 aromatic rings. The lowest BCUT2D eigenvalue weighted by Gasteiger charge is -2.49. The van der Waals surface area contributed by atoms with Crippen molar-refractivity contribution in [1.82, 2.24) is 4.57 Å². The van der Waals surface area contributed by atoms with Crippen molar-refractivity contribution in [3.05, 3.63) is 176 Å². The van der Waals surface area contributed by atoms with Crippen LogP contribution in [0.25, 0.3) is 28.6 Å². The number of halogens is 3. The minimum absolute atomic E-state index is 0.167. The fourth-order valence-electron chi connectivity index (χ4n) is 7.97. The molecule has 0 N–H and O–H groups in total. The van der Waals surface area contributed by atoms with Gasteiger partial charge in [-0.15, -0.1) is 0 Å². The predicted molar refractivity (Wildman–Crippen MR) is 183 cm³/mol. The van der Waals surface area contributed by atoms with E-state index in [1.54, 1.807) is 12.1 Å². The summed E-state index contributed by atoms with van der Waals surface area (Å²) in [5.41, 5.74) is 6.35. The molecule has 6 heteroatoms. The lowest BCUT2D eigenvalue weighted by molar-refractivity contribution is -0.136. The quantitative estimate of drug-likeness (QED) is 0.194. The number of aromatic nitrogens is 1. The van der Waals surface area contributed by atoms with Crippen LogP contribution >= 0.6 is 0 Å². The van der Waals surface area contributed by atoms with E-state index in [1.807, 2.05) is 54.6 Å². The summed E-state index contributed by atoms with van der Waals surface area (Å²) in [6, 6.07) is 34.1. The Kier molecular flexibility index (Phi) is 6.10. The maximum Gasteiger partial charge on any atom is 0.417 e. The second-order valence-corrected chi connectivity index (χ2v) is 12.2. The number of anilines is 3. The number of rotatable bonds is 2. The Balaban J connectivity index is 1.66. The summed E-state index contributed by atoms with van der Waals surface area (Å²) in [6.07, 6.45) is -2.97. The van der Waals surface area contributed by atoms with Gasteiger partial charge in [-0.1, -0.05) is 104 Å². The Morgan fingerprint density at radius 2 is 1.28 bits per heavy atom. The summed E-state index contributed by atoms with van der Waals surface area (Å²) in [6.45, 7) is 12.9. The van der Waals surface area contributed by atoms with Gasteiger partial charge in [-0.05, 0) is 82.1 Å². The number of fused-ring (bicyclic) bond motifs is 9. The van der Waals surface area contributed by atoms with Gasteiger partial charge in [0.15, 0.2) is 0 Å². The summed E-state index contributed by atoms with van der Waals surface area (Å²) < 4.78 is 44.5. The molecule has 1 spiro atoms. The molecule has 47 heavy (non-hydrogen) atoms. The summed E-state index contributed by atoms with van der Waals surface area (Å²) in [5, 5.41) is 0.554. The summed E-state index contributed by atoms with van der Waals surface area (Å²) in [7, 11) is 0. The normalized spacial score (nSPS) is 16.4. The van der Waals surface area contributed by atoms with Crippen molar-refractivity contribution in [3.63, 3.8) is 0 Å². The Morgan fingerprint density at radius 1 is 0.702 bits per heavy atom. The van der Waals surface area contributed by atoms with Gasteiger partial charge in [0.2, 0.25) is 0 Å². The molecule has 230 valence electrons. The minimum atomic E-state index is -4.72. The van der Waals surface area contributed by atoms with Crippen LogP contribution in [0.5, 0.6) is 0 Å². The molecule has 0 radical (unpaired) electrons. The standard InChI is InChI=1S/C41H29F3N2O/c1-5-28-38-26(4)27-16-13-19-31(41(42,43)44)36(27)39(47)46(38)35-23-11-8-18-30(35)40(28)29-17-7-10-22-34(29)45(33-21-9-6-14-24(33)2)37-25(3)15-12-20-32(37)40/h5-23H,1,4H2,2-3H3. The molecule has 1 unspecified atom stereocenters. The lowest BCUT2D eigenvalue weighted by atomic mass is 9.60. The van der Waals surface area contributed by atoms with Crippen LogP contribution in [-0.2, 0) is 11.6 Å². The number of para-hydroxylation sites is 4. The van der Waals surface area contributed by atoms with Crippen molar-refractivity contribution in [2.45, 2.75) is 25.4 Å². The second kappa shape index (κ2) is 9.94. The molecule has 5 aromatic carbocycles. The lowest BCUT2D eigenvalue weighted by Crippen LogP contribution is -2.53.